The molecule has 2 atom stereocenters. The van der Waals surface area contributed by atoms with Crippen molar-refractivity contribution in [2.75, 3.05) is 75.8 Å². The lowest BCUT2D eigenvalue weighted by molar-refractivity contribution is 0.0945. The predicted molar refractivity (Wildman–Crippen MR) is 258 cm³/mol. The Labute approximate surface area is 388 Å². The molecule has 17 heteroatoms. The van der Waals surface area contributed by atoms with Crippen molar-refractivity contribution in [1.29, 1.82) is 0 Å². The molecule has 2 aromatic carbocycles. The second-order valence-electron chi connectivity index (χ2n) is 18.0. The van der Waals surface area contributed by atoms with Crippen LogP contribution in [0.5, 0.6) is 0 Å². The highest BCUT2D eigenvalue weighted by Gasteiger charge is 2.34. The second kappa shape index (κ2) is 20.5. The fourth-order valence-electron chi connectivity index (χ4n) is 10.3. The van der Waals surface area contributed by atoms with Crippen molar-refractivity contribution < 1.29 is 14.0 Å². The van der Waals surface area contributed by atoms with Crippen LogP contribution in [-0.2, 0) is 0 Å². The smallest absolute Gasteiger partial charge is 0.269 e. The number of halogens is 1. The fourth-order valence-corrected chi connectivity index (χ4v) is 10.3. The molecule has 4 N–H and O–H groups in total. The van der Waals surface area contributed by atoms with E-state index in [0.29, 0.717) is 46.6 Å². The second-order valence-corrected chi connectivity index (χ2v) is 18.0. The number of H-pyrrole nitrogens is 2. The van der Waals surface area contributed by atoms with Gasteiger partial charge >= 0.3 is 0 Å². The van der Waals surface area contributed by atoms with Crippen molar-refractivity contribution in [2.24, 2.45) is 0 Å². The van der Waals surface area contributed by atoms with E-state index in [1.807, 2.05) is 49.5 Å². The summed E-state index contributed by atoms with van der Waals surface area (Å²) in [7, 11) is 1.59. The van der Waals surface area contributed by atoms with Gasteiger partial charge in [-0.2, -0.15) is 0 Å². The van der Waals surface area contributed by atoms with Gasteiger partial charge in [0, 0.05) is 76.8 Å². The zero-order valence-electron chi connectivity index (χ0n) is 38.2. The molecule has 10 rings (SSSR count). The maximum absolute atomic E-state index is 14.2. The molecule has 4 saturated heterocycles. The number of carbonyl (C=O) groups is 2. The summed E-state index contributed by atoms with van der Waals surface area (Å²) in [5.41, 5.74) is 3.58. The number of carbonyl (C=O) groups excluding carboxylic acids is 2. The van der Waals surface area contributed by atoms with E-state index in [9.17, 15) is 23.6 Å². The topological polar surface area (TPSA) is 188 Å². The Morgan fingerprint density at radius 1 is 0.657 bits per heavy atom. The number of benzene rings is 2. The number of rotatable bonds is 9. The minimum Gasteiger partial charge on any atom is -0.370 e. The number of aromatic nitrogens is 6. The molecule has 2 amide bonds. The van der Waals surface area contributed by atoms with Crippen molar-refractivity contribution in [3.05, 3.63) is 129 Å². The quantitative estimate of drug-likeness (QED) is 0.149. The van der Waals surface area contributed by atoms with Crippen LogP contribution >= 0.6 is 0 Å². The first-order valence-electron chi connectivity index (χ1n) is 23.7. The molecule has 4 fully saturated rings. The van der Waals surface area contributed by atoms with Gasteiger partial charge in [0.2, 0.25) is 0 Å². The lowest BCUT2D eigenvalue weighted by Gasteiger charge is -2.42. The molecule has 0 spiro atoms. The lowest BCUT2D eigenvalue weighted by Crippen LogP contribution is -2.48. The summed E-state index contributed by atoms with van der Waals surface area (Å²) in [6.07, 6.45) is 10.9. The lowest BCUT2D eigenvalue weighted by atomic mass is 9.93. The number of hydrogen-bond donors (Lipinski definition) is 4. The first-order chi connectivity index (χ1) is 32.6. The predicted octanol–water partition coefficient (Wildman–Crippen LogP) is 5.19. The largest absolute Gasteiger partial charge is 0.370 e. The monoisotopic (exact) mass is 910 g/mol. The van der Waals surface area contributed by atoms with Crippen LogP contribution in [0, 0.1) is 5.82 Å². The van der Waals surface area contributed by atoms with Gasteiger partial charge in [0.05, 0.1) is 40.1 Å². The standard InChI is InChI=1S/C26H32N6O2.C24H27FN6O2/c1-2-27-26(34)23-10-9-20(16-28-23)31-14-11-19(12-15-31)32-13-5-6-18(17-32)24-29-22-8-4-3-7-21(22)25(33)30-24;1-26-24(33)20-6-5-17(13-27-20)30-11-8-16(9-12-30)31-10-7-15(14-31)22-28-21-18(23(32)29-22)3-2-4-19(21)25/h3-4,7-10,16,18-19H,2,5-6,11-15,17H2,1H3,(H,27,34)(H,29,30,33);2-6,13,15-16H,7-12,14H2,1H3,(H,26,33)(H,28,29,32). The SMILES string of the molecule is CCNC(=O)c1ccc(N2CCC(N3CCCC(c4nc5ccccc5c(=O)[nH]4)C3)CC2)cn1.CNC(=O)c1ccc(N2CCC(N3CCC(c4nc5c(F)cccc5c(=O)[nH]4)C3)CC2)cn1. The fraction of sp³-hybridized carbons (Fsp3) is 0.440. The van der Waals surface area contributed by atoms with E-state index < -0.39 is 5.82 Å². The Morgan fingerprint density at radius 2 is 1.22 bits per heavy atom. The van der Waals surface area contributed by atoms with Gasteiger partial charge < -0.3 is 30.4 Å². The van der Waals surface area contributed by atoms with Gasteiger partial charge in [-0.1, -0.05) is 18.2 Å². The van der Waals surface area contributed by atoms with Gasteiger partial charge in [0.25, 0.3) is 22.9 Å². The van der Waals surface area contributed by atoms with Crippen molar-refractivity contribution in [3.8, 4) is 0 Å². The Balaban J connectivity index is 0.000000168. The number of piperidine rings is 3. The molecule has 8 heterocycles. The molecule has 4 aromatic heterocycles. The normalized spacial score (nSPS) is 19.9. The number of pyridine rings is 2. The van der Waals surface area contributed by atoms with Crippen LogP contribution in [0.25, 0.3) is 21.8 Å². The Bertz CT molecular complexity index is 2800. The molecule has 350 valence electrons. The van der Waals surface area contributed by atoms with E-state index in [-0.39, 0.29) is 40.3 Å². The van der Waals surface area contributed by atoms with Gasteiger partial charge in [-0.3, -0.25) is 29.0 Å². The average molecular weight is 911 g/mol. The molecule has 0 saturated carbocycles. The molecular formula is C50H59FN12O4. The van der Waals surface area contributed by atoms with Crippen LogP contribution in [-0.4, -0.2) is 130 Å². The highest BCUT2D eigenvalue weighted by Crippen LogP contribution is 2.32. The number of para-hydroxylation sites is 2. The van der Waals surface area contributed by atoms with E-state index in [2.05, 4.69) is 55.2 Å². The van der Waals surface area contributed by atoms with Crippen molar-refractivity contribution >= 4 is 45.0 Å². The van der Waals surface area contributed by atoms with Crippen LogP contribution < -0.4 is 31.6 Å². The molecule has 0 aliphatic carbocycles. The minimum atomic E-state index is -0.458. The van der Waals surface area contributed by atoms with E-state index in [4.69, 9.17) is 4.98 Å². The zero-order chi connectivity index (χ0) is 46.4. The first-order valence-corrected chi connectivity index (χ1v) is 23.7. The number of hydrogen-bond acceptors (Lipinski definition) is 12. The van der Waals surface area contributed by atoms with E-state index in [1.54, 1.807) is 31.4 Å². The van der Waals surface area contributed by atoms with E-state index >= 15 is 0 Å². The number of likely N-dealkylation sites (tertiary alicyclic amines) is 2. The van der Waals surface area contributed by atoms with E-state index in [0.717, 1.165) is 120 Å². The van der Waals surface area contributed by atoms with Crippen LogP contribution in [0.1, 0.15) is 96.3 Å². The average Bonchev–Trinajstić information content (AvgIpc) is 3.88. The third kappa shape index (κ3) is 10.2. The van der Waals surface area contributed by atoms with Crippen molar-refractivity contribution in [3.63, 3.8) is 0 Å². The highest BCUT2D eigenvalue weighted by molar-refractivity contribution is 5.92. The number of fused-ring (bicyclic) bond motifs is 2. The molecule has 67 heavy (non-hydrogen) atoms. The molecular weight excluding hydrogens is 852 g/mol. The zero-order valence-corrected chi connectivity index (χ0v) is 38.2. The maximum atomic E-state index is 14.2. The number of nitrogens with one attached hydrogen (secondary N) is 4. The summed E-state index contributed by atoms with van der Waals surface area (Å²) < 4.78 is 14.2. The Kier molecular flexibility index (Phi) is 13.9. The van der Waals surface area contributed by atoms with Gasteiger partial charge in [0.1, 0.15) is 34.4 Å². The Morgan fingerprint density at radius 3 is 1.84 bits per heavy atom. The van der Waals surface area contributed by atoms with Gasteiger partial charge in [-0.05, 0) is 113 Å². The third-order valence-corrected chi connectivity index (χ3v) is 14.0. The molecule has 16 nitrogen and oxygen atoms in total. The third-order valence-electron chi connectivity index (χ3n) is 14.0. The minimum absolute atomic E-state index is 0.0437. The molecule has 6 aromatic rings. The summed E-state index contributed by atoms with van der Waals surface area (Å²) in [6.45, 7) is 10.1. The Hall–Kier alpha value is -6.59. The van der Waals surface area contributed by atoms with Gasteiger partial charge in [0.15, 0.2) is 0 Å². The van der Waals surface area contributed by atoms with E-state index in [1.165, 1.54) is 12.1 Å². The molecule has 4 aliphatic heterocycles. The van der Waals surface area contributed by atoms with Crippen LogP contribution in [0.3, 0.4) is 0 Å². The van der Waals surface area contributed by atoms with Crippen LogP contribution in [0.4, 0.5) is 15.8 Å². The number of amides is 2. The van der Waals surface area contributed by atoms with Crippen LogP contribution in [0.2, 0.25) is 0 Å². The number of aromatic amines is 2. The van der Waals surface area contributed by atoms with Gasteiger partial charge in [-0.15, -0.1) is 0 Å². The van der Waals surface area contributed by atoms with Crippen molar-refractivity contribution in [2.45, 2.75) is 75.8 Å². The molecule has 0 radical (unpaired) electrons. The summed E-state index contributed by atoms with van der Waals surface area (Å²) in [5.74, 6) is 0.989. The number of nitrogens with zero attached hydrogens (tertiary/aromatic N) is 8. The van der Waals surface area contributed by atoms with Crippen molar-refractivity contribution in [1.82, 2.24) is 50.3 Å². The summed E-state index contributed by atoms with van der Waals surface area (Å²) in [6, 6.07) is 20.5. The summed E-state index contributed by atoms with van der Waals surface area (Å²) in [4.78, 5) is 82.2. The highest BCUT2D eigenvalue weighted by atomic mass is 19.1. The molecule has 0 bridgehead atoms. The van der Waals surface area contributed by atoms with Gasteiger partial charge in [-0.25, -0.2) is 24.3 Å². The first kappa shape index (κ1) is 45.6. The molecule has 2 unspecified atom stereocenters. The van der Waals surface area contributed by atoms with Crippen LogP contribution in [0.15, 0.2) is 88.7 Å². The number of anilines is 2. The summed E-state index contributed by atoms with van der Waals surface area (Å²) >= 11 is 0. The summed E-state index contributed by atoms with van der Waals surface area (Å²) in [5, 5.41) is 6.31. The molecule has 4 aliphatic rings. The maximum Gasteiger partial charge on any atom is 0.269 e.